The molecule has 12 rings (SSSR count). The first-order chi connectivity index (χ1) is 41.1. The quantitative estimate of drug-likeness (QED) is 0.0676. The van der Waals surface area contributed by atoms with Crippen molar-refractivity contribution in [3.8, 4) is 0 Å². The maximum Gasteiger partial charge on any atom is 0.241 e. The van der Waals surface area contributed by atoms with Crippen LogP contribution in [0.25, 0.3) is 0 Å². The molecule has 3 aromatic rings. The zero-order valence-electron chi connectivity index (χ0n) is 51.2. The molecule has 2 amide bonds. The molecule has 9 aliphatic rings. The summed E-state index contributed by atoms with van der Waals surface area (Å²) in [4.78, 5) is 70.6. The Morgan fingerprint density at radius 3 is 0.917 bits per heavy atom. The molecule has 0 aromatic heterocycles. The third-order valence-corrected chi connectivity index (χ3v) is 18.5. The van der Waals surface area contributed by atoms with Crippen molar-refractivity contribution in [2.75, 3.05) is 49.9 Å². The van der Waals surface area contributed by atoms with Crippen molar-refractivity contribution in [2.45, 2.75) is 236 Å². The van der Waals surface area contributed by atoms with Crippen LogP contribution in [0.1, 0.15) is 197 Å². The molecule has 14 nitrogen and oxygen atoms in total. The number of hydrogen-bond donors (Lipinski definition) is 8. The van der Waals surface area contributed by atoms with Crippen LogP contribution in [0.4, 0.5) is 11.4 Å². The van der Waals surface area contributed by atoms with Crippen LogP contribution in [-0.4, -0.2) is 110 Å². The fourth-order valence-electron chi connectivity index (χ4n) is 13.5. The molecule has 8 N–H and O–H groups in total. The summed E-state index contributed by atoms with van der Waals surface area (Å²) >= 11 is 0. The summed E-state index contributed by atoms with van der Waals surface area (Å²) in [5, 5.41) is 25.2. The second-order valence-electron chi connectivity index (χ2n) is 25.4. The summed E-state index contributed by atoms with van der Waals surface area (Å²) in [5.41, 5.74) is 4.10. The van der Waals surface area contributed by atoms with E-state index in [0.29, 0.717) is 41.4 Å². The van der Waals surface area contributed by atoms with Gasteiger partial charge in [0.2, 0.25) is 11.8 Å². The van der Waals surface area contributed by atoms with Gasteiger partial charge in [0.05, 0.1) is 36.3 Å². The minimum atomic E-state index is -0.00444. The normalized spacial score (nSPS) is 24.9. The Morgan fingerprint density at radius 2 is 0.619 bits per heavy atom. The van der Waals surface area contributed by atoms with Crippen molar-refractivity contribution in [1.82, 2.24) is 31.9 Å². The fourth-order valence-corrected chi connectivity index (χ4v) is 13.5. The van der Waals surface area contributed by atoms with Gasteiger partial charge in [-0.25, -0.2) is 0 Å². The van der Waals surface area contributed by atoms with Crippen molar-refractivity contribution in [3.63, 3.8) is 0 Å². The lowest BCUT2D eigenvalue weighted by Gasteiger charge is -2.22. The number of Topliss-reactive ketones (excluding diaryl/α,β-unsaturated/α-hetero) is 4. The van der Waals surface area contributed by atoms with Gasteiger partial charge >= 0.3 is 0 Å². The zero-order valence-corrected chi connectivity index (χ0v) is 51.2. The number of ketones is 4. The number of aryl methyl sites for hydroxylation is 1. The molecule has 84 heavy (non-hydrogen) atoms. The van der Waals surface area contributed by atoms with E-state index in [2.05, 4.69) is 61.6 Å². The van der Waals surface area contributed by atoms with E-state index in [1.54, 1.807) is 0 Å². The summed E-state index contributed by atoms with van der Waals surface area (Å²) in [6, 6.07) is 28.0. The topological polar surface area (TPSA) is 199 Å². The first kappa shape index (κ1) is 66.6. The van der Waals surface area contributed by atoms with Crippen molar-refractivity contribution in [1.29, 1.82) is 0 Å². The van der Waals surface area contributed by atoms with E-state index >= 15 is 0 Å². The summed E-state index contributed by atoms with van der Waals surface area (Å²) < 4.78 is 0. The SMILES string of the molecule is Cc1ccc(CC(=O)[C@H]2CCCN2)cc1.O=C(CC1CCCC1)[C@@H]1CCCN1.O=C(CC1CCCCC1)[C@@H]1CCCN1.O=C(CC1CCCCC1)[C@H]1CCCN1.O=C(Nc1ccccc1)[C@@H]1CCCN1.O=C(Nc1ccccc1)[C@H]1CCCN1. The molecule has 0 spiro atoms. The average molecular weight is 1160 g/mol. The highest BCUT2D eigenvalue weighted by Gasteiger charge is 2.29. The highest BCUT2D eigenvalue weighted by Crippen LogP contribution is 2.30. The number of carbonyl (C=O) groups excluding carboxylic acids is 6. The van der Waals surface area contributed by atoms with Gasteiger partial charge in [-0.3, -0.25) is 28.8 Å². The van der Waals surface area contributed by atoms with E-state index in [4.69, 9.17) is 0 Å². The average Bonchev–Trinajstić information content (AvgIpc) is 4.38. The molecule has 3 aliphatic carbocycles. The van der Waals surface area contributed by atoms with Gasteiger partial charge in [0.25, 0.3) is 0 Å². The van der Waals surface area contributed by atoms with E-state index in [1.165, 1.54) is 115 Å². The molecule has 462 valence electrons. The predicted molar refractivity (Wildman–Crippen MR) is 340 cm³/mol. The van der Waals surface area contributed by atoms with Crippen molar-refractivity contribution >= 4 is 46.3 Å². The summed E-state index contributed by atoms with van der Waals surface area (Å²) in [6.07, 6.45) is 34.6. The summed E-state index contributed by atoms with van der Waals surface area (Å²) in [5.74, 6) is 4.05. The molecule has 0 radical (unpaired) electrons. The van der Waals surface area contributed by atoms with E-state index < -0.39 is 0 Å². The van der Waals surface area contributed by atoms with Gasteiger partial charge in [0.1, 0.15) is 17.3 Å². The zero-order chi connectivity index (χ0) is 59.0. The van der Waals surface area contributed by atoms with Crippen LogP contribution < -0.4 is 42.5 Å². The maximum atomic E-state index is 11.9. The molecule has 6 heterocycles. The van der Waals surface area contributed by atoms with Gasteiger partial charge < -0.3 is 42.5 Å². The number of para-hydroxylation sites is 2. The number of benzene rings is 3. The Balaban J connectivity index is 0.000000145. The van der Waals surface area contributed by atoms with Crippen LogP contribution >= 0.6 is 0 Å². The highest BCUT2D eigenvalue weighted by atomic mass is 16.2. The van der Waals surface area contributed by atoms with Crippen LogP contribution in [-0.2, 0) is 35.2 Å². The van der Waals surface area contributed by atoms with Crippen LogP contribution in [0, 0.1) is 24.7 Å². The smallest absolute Gasteiger partial charge is 0.241 e. The standard InChI is InChI=1S/C13H17NO.2C12H21NO.2C11H14N2O.C11H19NO/c1-10-4-6-11(7-5-10)9-13(15)12-3-2-8-14-12;2*14-12(11-7-4-8-13-11)9-10-5-2-1-3-6-10;2*14-11(10-7-4-8-12-10)13-9-5-2-1-3-6-9;13-11(10-6-3-7-12-10)8-9-4-1-2-5-9/h4-7,12,14H,2-3,8-9H2,1H3;2*10-11,13H,1-9H2;2*1-3,5-6,10,12H,4,7-8H2,(H,13,14);9-10,12H,1-8H2/t12-;2*11-;3*10-/m110100/s1. The van der Waals surface area contributed by atoms with Crippen LogP contribution in [0.2, 0.25) is 0 Å². The molecule has 0 bridgehead atoms. The number of amides is 2. The summed E-state index contributed by atoms with van der Waals surface area (Å²) in [7, 11) is 0. The molecule has 6 saturated heterocycles. The molecule has 3 saturated carbocycles. The van der Waals surface area contributed by atoms with E-state index in [9.17, 15) is 28.8 Å². The number of hydrogen-bond acceptors (Lipinski definition) is 12. The van der Waals surface area contributed by atoms with Gasteiger partial charge in [-0.1, -0.05) is 156 Å². The van der Waals surface area contributed by atoms with Gasteiger partial charge in [-0.15, -0.1) is 0 Å². The molecular formula is C70H106N8O6. The lowest BCUT2D eigenvalue weighted by molar-refractivity contribution is -0.122. The molecule has 9 fully saturated rings. The van der Waals surface area contributed by atoms with Crippen molar-refractivity contribution < 1.29 is 28.8 Å². The highest BCUT2D eigenvalue weighted by molar-refractivity contribution is 5.95. The Labute approximate surface area is 504 Å². The Hall–Kier alpha value is -4.96. The molecule has 6 atom stereocenters. The van der Waals surface area contributed by atoms with Crippen LogP contribution in [0.15, 0.2) is 84.9 Å². The second kappa shape index (κ2) is 38.3. The third kappa shape index (κ3) is 24.8. The summed E-state index contributed by atoms with van der Waals surface area (Å²) in [6.45, 7) is 8.08. The van der Waals surface area contributed by atoms with E-state index in [1.807, 2.05) is 72.8 Å². The second-order valence-corrected chi connectivity index (χ2v) is 25.4. The monoisotopic (exact) mass is 1150 g/mol. The first-order valence-corrected chi connectivity index (χ1v) is 33.3. The lowest BCUT2D eigenvalue weighted by Crippen LogP contribution is -2.35. The van der Waals surface area contributed by atoms with Gasteiger partial charge in [0, 0.05) is 37.1 Å². The largest absolute Gasteiger partial charge is 0.325 e. The van der Waals surface area contributed by atoms with E-state index in [0.717, 1.165) is 139 Å². The molecule has 3 aromatic carbocycles. The molecular weight excluding hydrogens is 1050 g/mol. The minimum absolute atomic E-state index is 0.00444. The minimum Gasteiger partial charge on any atom is -0.325 e. The fraction of sp³-hybridized carbons (Fsp3) is 0.657. The predicted octanol–water partition coefficient (Wildman–Crippen LogP) is 11.1. The van der Waals surface area contributed by atoms with Gasteiger partial charge in [0.15, 0.2) is 5.78 Å². The van der Waals surface area contributed by atoms with E-state index in [-0.39, 0.29) is 48.1 Å². The first-order valence-electron chi connectivity index (χ1n) is 33.3. The van der Waals surface area contributed by atoms with Gasteiger partial charge in [-0.2, -0.15) is 0 Å². The maximum absolute atomic E-state index is 11.9. The molecule has 6 aliphatic heterocycles. The number of carbonyl (C=O) groups is 6. The third-order valence-electron chi connectivity index (χ3n) is 18.5. The number of anilines is 2. The van der Waals surface area contributed by atoms with Crippen molar-refractivity contribution in [2.24, 2.45) is 17.8 Å². The number of rotatable bonds is 16. The Bertz CT molecular complexity index is 2240. The van der Waals surface area contributed by atoms with Gasteiger partial charge in [-0.05, 0) is 171 Å². The Kier molecular flexibility index (Phi) is 30.3. The number of nitrogens with one attached hydrogen (secondary N) is 8. The Morgan fingerprint density at radius 1 is 0.333 bits per heavy atom. The lowest BCUT2D eigenvalue weighted by atomic mass is 9.84. The molecule has 14 heteroatoms. The van der Waals surface area contributed by atoms with Crippen molar-refractivity contribution in [3.05, 3.63) is 96.1 Å². The van der Waals surface area contributed by atoms with Crippen LogP contribution in [0.3, 0.4) is 0 Å². The molecule has 0 unspecified atom stereocenters. The van der Waals surface area contributed by atoms with Crippen LogP contribution in [0.5, 0.6) is 0 Å².